The Hall–Kier alpha value is -0.920. The first-order valence-electron chi connectivity index (χ1n) is 3.94. The molecule has 0 aromatic heterocycles. The highest BCUT2D eigenvalue weighted by molar-refractivity contribution is 9.10. The first-order valence-corrected chi connectivity index (χ1v) is 7.05. The van der Waals surface area contributed by atoms with Crippen molar-refractivity contribution in [1.29, 1.82) is 0 Å². The molecule has 1 aromatic rings. The normalized spacial score (nSPS) is 14.9. The second-order valence-electron chi connectivity index (χ2n) is 3.05. The van der Waals surface area contributed by atoms with Crippen molar-refractivity contribution in [3.05, 3.63) is 27.7 Å². The number of hydrogen-bond donors (Lipinski definition) is 1. The monoisotopic (exact) mass is 323 g/mol. The first-order chi connectivity index (χ1) is 7.30. The number of benzene rings is 1. The Morgan fingerprint density at radius 3 is 2.12 bits per heavy atom. The third kappa shape index (κ3) is 1.74. The van der Waals surface area contributed by atoms with Crippen molar-refractivity contribution < 1.29 is 18.0 Å². The lowest BCUT2D eigenvalue weighted by atomic mass is 10.1. The van der Waals surface area contributed by atoms with Gasteiger partial charge in [-0.1, -0.05) is 0 Å². The molecule has 0 spiro atoms. The number of halogens is 2. The average molecular weight is 325 g/mol. The minimum Gasteiger partial charge on any atom is -0.288 e. The van der Waals surface area contributed by atoms with Crippen LogP contribution in [-0.2, 0) is 9.05 Å². The number of carbonyl (C=O) groups is 2. The van der Waals surface area contributed by atoms with Crippen LogP contribution in [-0.4, -0.2) is 20.2 Å². The van der Waals surface area contributed by atoms with Crippen LogP contribution in [0.2, 0.25) is 0 Å². The Bertz CT molecular complexity index is 625. The standard InChI is InChI=1S/C8H3BrClNO4S/c9-5-1-3-4(8(13)11-7(3)12)2-6(5)16(10,14)15/h1-2H,(H,11,12,13). The van der Waals surface area contributed by atoms with E-state index in [1.54, 1.807) is 0 Å². The molecule has 0 radical (unpaired) electrons. The van der Waals surface area contributed by atoms with Crippen molar-refractivity contribution >= 4 is 47.5 Å². The molecule has 2 amide bonds. The van der Waals surface area contributed by atoms with Gasteiger partial charge >= 0.3 is 0 Å². The molecule has 2 rings (SSSR count). The van der Waals surface area contributed by atoms with Crippen LogP contribution in [0.4, 0.5) is 0 Å². The molecule has 1 N–H and O–H groups in total. The first kappa shape index (κ1) is 11.6. The van der Waals surface area contributed by atoms with Gasteiger partial charge in [0.1, 0.15) is 0 Å². The predicted molar refractivity (Wildman–Crippen MR) is 59.0 cm³/mol. The van der Waals surface area contributed by atoms with Gasteiger partial charge in [-0.15, -0.1) is 0 Å². The molecule has 8 heteroatoms. The molecule has 0 saturated carbocycles. The number of fused-ring (bicyclic) bond motifs is 1. The smallest absolute Gasteiger partial charge is 0.262 e. The van der Waals surface area contributed by atoms with E-state index in [0.29, 0.717) is 0 Å². The average Bonchev–Trinajstić information content (AvgIpc) is 2.39. The topological polar surface area (TPSA) is 80.3 Å². The van der Waals surface area contributed by atoms with Crippen LogP contribution in [0.3, 0.4) is 0 Å². The number of carbonyl (C=O) groups excluding carboxylic acids is 2. The molecule has 5 nitrogen and oxygen atoms in total. The molecule has 1 heterocycles. The summed E-state index contributed by atoms with van der Waals surface area (Å²) in [4.78, 5) is 22.3. The van der Waals surface area contributed by atoms with Gasteiger partial charge in [-0.3, -0.25) is 14.9 Å². The fourth-order valence-electron chi connectivity index (χ4n) is 1.35. The largest absolute Gasteiger partial charge is 0.288 e. The zero-order chi connectivity index (χ0) is 12.1. The number of hydrogen-bond acceptors (Lipinski definition) is 4. The third-order valence-corrected chi connectivity index (χ3v) is 4.33. The van der Waals surface area contributed by atoms with Crippen LogP contribution >= 0.6 is 26.6 Å². The van der Waals surface area contributed by atoms with Crippen molar-refractivity contribution in [2.24, 2.45) is 0 Å². The van der Waals surface area contributed by atoms with Gasteiger partial charge in [0.25, 0.3) is 20.9 Å². The molecule has 0 atom stereocenters. The predicted octanol–water partition coefficient (Wildman–Crippen LogP) is 1.26. The van der Waals surface area contributed by atoms with Gasteiger partial charge in [0, 0.05) is 15.2 Å². The summed E-state index contributed by atoms with van der Waals surface area (Å²) in [5.41, 5.74) is 0.133. The fourth-order valence-corrected chi connectivity index (χ4v) is 3.55. The summed E-state index contributed by atoms with van der Waals surface area (Å²) >= 11 is 2.98. The molecule has 84 valence electrons. The van der Waals surface area contributed by atoms with E-state index in [2.05, 4.69) is 21.2 Å². The van der Waals surface area contributed by atoms with E-state index >= 15 is 0 Å². The molecule has 0 aliphatic carbocycles. The number of rotatable bonds is 1. The van der Waals surface area contributed by atoms with E-state index in [-0.39, 0.29) is 20.5 Å². The molecular weight excluding hydrogens is 322 g/mol. The van der Waals surface area contributed by atoms with E-state index < -0.39 is 20.9 Å². The second-order valence-corrected chi connectivity index (χ2v) is 6.44. The highest BCUT2D eigenvalue weighted by Crippen LogP contribution is 2.30. The van der Waals surface area contributed by atoms with Gasteiger partial charge < -0.3 is 0 Å². The third-order valence-electron chi connectivity index (χ3n) is 2.05. The Kier molecular flexibility index (Phi) is 2.56. The molecule has 0 fully saturated rings. The SMILES string of the molecule is O=C1NC(=O)c2cc(S(=O)(=O)Cl)c(Br)cc21. The van der Waals surface area contributed by atoms with Gasteiger partial charge in [-0.05, 0) is 28.1 Å². The summed E-state index contributed by atoms with van der Waals surface area (Å²) in [5.74, 6) is -1.19. The Balaban J connectivity index is 2.77. The summed E-state index contributed by atoms with van der Waals surface area (Å²) in [6.45, 7) is 0. The zero-order valence-electron chi connectivity index (χ0n) is 7.45. The summed E-state index contributed by atoms with van der Waals surface area (Å²) < 4.78 is 22.5. The molecule has 0 unspecified atom stereocenters. The summed E-state index contributed by atoms with van der Waals surface area (Å²) in [6, 6.07) is 2.33. The molecule has 0 saturated heterocycles. The summed E-state index contributed by atoms with van der Waals surface area (Å²) in [7, 11) is 1.21. The maximum Gasteiger partial charge on any atom is 0.262 e. The van der Waals surface area contributed by atoms with Crippen LogP contribution in [0.25, 0.3) is 0 Å². The Morgan fingerprint density at radius 2 is 1.62 bits per heavy atom. The van der Waals surface area contributed by atoms with E-state index in [1.165, 1.54) is 6.07 Å². The van der Waals surface area contributed by atoms with Gasteiger partial charge in [0.2, 0.25) is 0 Å². The molecule has 1 aromatic carbocycles. The van der Waals surface area contributed by atoms with E-state index in [0.717, 1.165) is 6.07 Å². The number of imide groups is 1. The van der Waals surface area contributed by atoms with E-state index in [1.807, 2.05) is 0 Å². The maximum absolute atomic E-state index is 11.3. The zero-order valence-corrected chi connectivity index (χ0v) is 10.6. The van der Waals surface area contributed by atoms with Crippen molar-refractivity contribution in [2.75, 3.05) is 0 Å². The van der Waals surface area contributed by atoms with Crippen LogP contribution in [0.15, 0.2) is 21.5 Å². The van der Waals surface area contributed by atoms with Gasteiger partial charge in [0.15, 0.2) is 0 Å². The van der Waals surface area contributed by atoms with Crippen LogP contribution in [0, 0.1) is 0 Å². The Morgan fingerprint density at radius 1 is 1.12 bits per heavy atom. The van der Waals surface area contributed by atoms with Gasteiger partial charge in [0.05, 0.1) is 16.0 Å². The van der Waals surface area contributed by atoms with Crippen molar-refractivity contribution in [1.82, 2.24) is 5.32 Å². The van der Waals surface area contributed by atoms with Crippen LogP contribution in [0.1, 0.15) is 20.7 Å². The molecule has 16 heavy (non-hydrogen) atoms. The van der Waals surface area contributed by atoms with Crippen LogP contribution < -0.4 is 5.32 Å². The lowest BCUT2D eigenvalue weighted by Crippen LogP contribution is -2.19. The number of nitrogens with one attached hydrogen (secondary N) is 1. The maximum atomic E-state index is 11.3. The minimum atomic E-state index is -3.96. The molecule has 1 aliphatic heterocycles. The highest BCUT2D eigenvalue weighted by atomic mass is 79.9. The quantitative estimate of drug-likeness (QED) is 0.623. The van der Waals surface area contributed by atoms with Crippen molar-refractivity contribution in [3.63, 3.8) is 0 Å². The lowest BCUT2D eigenvalue weighted by Gasteiger charge is -2.02. The van der Waals surface area contributed by atoms with Gasteiger partial charge in [-0.25, -0.2) is 8.42 Å². The molecule has 1 aliphatic rings. The van der Waals surface area contributed by atoms with Gasteiger partial charge in [-0.2, -0.15) is 0 Å². The molecule has 0 bridgehead atoms. The van der Waals surface area contributed by atoms with Crippen molar-refractivity contribution in [3.8, 4) is 0 Å². The second kappa shape index (κ2) is 3.54. The van der Waals surface area contributed by atoms with Crippen LogP contribution in [0.5, 0.6) is 0 Å². The van der Waals surface area contributed by atoms with Crippen molar-refractivity contribution in [2.45, 2.75) is 4.90 Å². The summed E-state index contributed by atoms with van der Waals surface area (Å²) in [5, 5.41) is 2.05. The Labute approximate surface area is 103 Å². The summed E-state index contributed by atoms with van der Waals surface area (Å²) in [6.07, 6.45) is 0. The fraction of sp³-hybridized carbons (Fsp3) is 0. The molecular formula is C8H3BrClNO4S. The minimum absolute atomic E-state index is 0.00688. The number of amides is 2. The lowest BCUT2D eigenvalue weighted by molar-refractivity contribution is 0.0879. The van der Waals surface area contributed by atoms with E-state index in [9.17, 15) is 18.0 Å². The van der Waals surface area contributed by atoms with E-state index in [4.69, 9.17) is 10.7 Å². The highest BCUT2D eigenvalue weighted by Gasteiger charge is 2.30.